The van der Waals surface area contributed by atoms with Crippen molar-refractivity contribution in [3.05, 3.63) is 37.0 Å². The maximum absolute atomic E-state index is 9.82. The second-order valence-corrected chi connectivity index (χ2v) is 2.84. The van der Waals surface area contributed by atoms with Crippen LogP contribution in [0.2, 0.25) is 0 Å². The Morgan fingerprint density at radius 2 is 1.24 bits per heavy atom. The van der Waals surface area contributed by atoms with Gasteiger partial charge >= 0.3 is 5.97 Å². The van der Waals surface area contributed by atoms with Crippen molar-refractivity contribution < 1.29 is 19.5 Å². The molecule has 2 amide bonds. The van der Waals surface area contributed by atoms with Crippen LogP contribution in [-0.2, 0) is 14.4 Å². The molecule has 6 heteroatoms. The van der Waals surface area contributed by atoms with Gasteiger partial charge in [0, 0.05) is 11.1 Å². The van der Waals surface area contributed by atoms with Crippen LogP contribution in [-0.4, -0.2) is 22.9 Å². The Balaban J connectivity index is -0.000000174. The van der Waals surface area contributed by atoms with Crippen LogP contribution in [0.1, 0.15) is 13.8 Å². The van der Waals surface area contributed by atoms with Gasteiger partial charge in [-0.3, -0.25) is 9.59 Å². The summed E-state index contributed by atoms with van der Waals surface area (Å²) in [5.74, 6) is -1.85. The van der Waals surface area contributed by atoms with Crippen molar-refractivity contribution >= 4 is 17.8 Å². The Hall–Kier alpha value is -2.37. The lowest BCUT2D eigenvalue weighted by atomic mass is 10.3. The molecule has 0 saturated heterocycles. The molecule has 6 nitrogen and oxygen atoms in total. The van der Waals surface area contributed by atoms with Crippen molar-refractivity contribution in [1.82, 2.24) is 0 Å². The largest absolute Gasteiger partial charge is 0.478 e. The van der Waals surface area contributed by atoms with Gasteiger partial charge in [0.05, 0.1) is 0 Å². The summed E-state index contributed by atoms with van der Waals surface area (Å²) in [6, 6.07) is 0. The van der Waals surface area contributed by atoms with Crippen molar-refractivity contribution in [2.75, 3.05) is 0 Å². The number of hydrogen-bond acceptors (Lipinski definition) is 3. The fourth-order valence-electron chi connectivity index (χ4n) is 0. The van der Waals surface area contributed by atoms with Crippen molar-refractivity contribution in [3.63, 3.8) is 0 Å². The molecular formula is C11H18N2O4. The Labute approximate surface area is 100 Å². The summed E-state index contributed by atoms with van der Waals surface area (Å²) < 4.78 is 0. The number of carbonyl (C=O) groups is 3. The molecule has 0 aliphatic rings. The molecule has 0 atom stereocenters. The van der Waals surface area contributed by atoms with Crippen LogP contribution in [0.4, 0.5) is 0 Å². The van der Waals surface area contributed by atoms with Gasteiger partial charge in [-0.05, 0) is 19.9 Å². The second kappa shape index (κ2) is 11.7. The summed E-state index contributed by atoms with van der Waals surface area (Å²) in [5, 5.41) is 7.89. The first-order valence-electron chi connectivity index (χ1n) is 4.32. The third kappa shape index (κ3) is 31.7. The zero-order chi connectivity index (χ0) is 14.6. The molecule has 17 heavy (non-hydrogen) atoms. The highest BCUT2D eigenvalue weighted by atomic mass is 16.4. The Kier molecular flexibility index (Phi) is 13.8. The SMILES string of the molecule is C=C(C)C(=O)O.C=C(C)C(N)=O.C=CC(N)=O. The number of aliphatic carboxylic acids is 1. The molecule has 0 spiro atoms. The molecule has 0 bridgehead atoms. The molecule has 0 rings (SSSR count). The molecule has 0 aromatic rings. The normalized spacial score (nSPS) is 7.18. The number of primary amides is 2. The van der Waals surface area contributed by atoms with Crippen molar-refractivity contribution in [3.8, 4) is 0 Å². The molecule has 0 radical (unpaired) electrons. The van der Waals surface area contributed by atoms with E-state index in [4.69, 9.17) is 10.8 Å². The number of carboxylic acids is 1. The maximum Gasteiger partial charge on any atom is 0.330 e. The molecule has 96 valence electrons. The Morgan fingerprint density at radius 1 is 1.06 bits per heavy atom. The highest BCUT2D eigenvalue weighted by Gasteiger charge is 1.90. The molecule has 0 heterocycles. The minimum Gasteiger partial charge on any atom is -0.478 e. The number of carbonyl (C=O) groups excluding carboxylic acids is 2. The van der Waals surface area contributed by atoms with Crippen LogP contribution in [0.25, 0.3) is 0 Å². The number of nitrogens with two attached hydrogens (primary N) is 2. The third-order valence-electron chi connectivity index (χ3n) is 0.987. The van der Waals surface area contributed by atoms with Gasteiger partial charge in [-0.25, -0.2) is 4.79 Å². The first-order valence-corrected chi connectivity index (χ1v) is 4.32. The summed E-state index contributed by atoms with van der Waals surface area (Å²) in [6.07, 6.45) is 1.06. The molecular weight excluding hydrogens is 224 g/mol. The first kappa shape index (κ1) is 20.1. The van der Waals surface area contributed by atoms with E-state index < -0.39 is 17.8 Å². The number of rotatable bonds is 3. The van der Waals surface area contributed by atoms with Crippen LogP contribution in [0.15, 0.2) is 37.0 Å². The fourth-order valence-corrected chi connectivity index (χ4v) is 0. The van der Waals surface area contributed by atoms with Gasteiger partial charge < -0.3 is 16.6 Å². The number of hydrogen-bond donors (Lipinski definition) is 3. The molecule has 0 fully saturated rings. The van der Waals surface area contributed by atoms with Gasteiger partial charge in [0.1, 0.15) is 0 Å². The zero-order valence-corrected chi connectivity index (χ0v) is 10.0. The van der Waals surface area contributed by atoms with Crippen LogP contribution in [0.5, 0.6) is 0 Å². The summed E-state index contributed by atoms with van der Waals surface area (Å²) in [4.78, 5) is 28.9. The van der Waals surface area contributed by atoms with E-state index in [0.717, 1.165) is 6.08 Å². The van der Waals surface area contributed by atoms with E-state index in [-0.39, 0.29) is 5.57 Å². The monoisotopic (exact) mass is 242 g/mol. The van der Waals surface area contributed by atoms with E-state index in [1.54, 1.807) is 6.92 Å². The first-order chi connectivity index (χ1) is 7.56. The molecule has 0 saturated carbocycles. The summed E-state index contributed by atoms with van der Waals surface area (Å²) in [6.45, 7) is 12.5. The van der Waals surface area contributed by atoms with Gasteiger partial charge in [-0.1, -0.05) is 19.7 Å². The van der Waals surface area contributed by atoms with Crippen LogP contribution >= 0.6 is 0 Å². The average Bonchev–Trinajstić information content (AvgIpc) is 2.19. The lowest BCUT2D eigenvalue weighted by Gasteiger charge is -1.81. The third-order valence-corrected chi connectivity index (χ3v) is 0.987. The highest BCUT2D eigenvalue weighted by molar-refractivity contribution is 5.90. The van der Waals surface area contributed by atoms with Crippen molar-refractivity contribution in [1.29, 1.82) is 0 Å². The smallest absolute Gasteiger partial charge is 0.330 e. The highest BCUT2D eigenvalue weighted by Crippen LogP contribution is 1.81. The topological polar surface area (TPSA) is 123 Å². The lowest BCUT2D eigenvalue weighted by molar-refractivity contribution is -0.132. The predicted molar refractivity (Wildman–Crippen MR) is 65.8 cm³/mol. The minimum atomic E-state index is -0.935. The van der Waals surface area contributed by atoms with Crippen molar-refractivity contribution in [2.45, 2.75) is 13.8 Å². The van der Waals surface area contributed by atoms with E-state index in [2.05, 4.69) is 25.5 Å². The van der Waals surface area contributed by atoms with E-state index in [1.807, 2.05) is 0 Å². The molecule has 5 N–H and O–H groups in total. The molecule has 0 aliphatic heterocycles. The van der Waals surface area contributed by atoms with Gasteiger partial charge in [-0.2, -0.15) is 0 Å². The van der Waals surface area contributed by atoms with Gasteiger partial charge in [0.2, 0.25) is 11.8 Å². The molecule has 0 unspecified atom stereocenters. The fraction of sp³-hybridized carbons (Fsp3) is 0.182. The lowest BCUT2D eigenvalue weighted by Crippen LogP contribution is -2.10. The number of amides is 2. The Bertz CT molecular complexity index is 284. The second-order valence-electron chi connectivity index (χ2n) is 2.84. The summed E-state index contributed by atoms with van der Waals surface area (Å²) >= 11 is 0. The van der Waals surface area contributed by atoms with Gasteiger partial charge in [-0.15, -0.1) is 0 Å². The summed E-state index contributed by atoms with van der Waals surface area (Å²) in [7, 11) is 0. The summed E-state index contributed by atoms with van der Waals surface area (Å²) in [5.41, 5.74) is 9.81. The number of carboxylic acid groups (broad SMARTS) is 1. The van der Waals surface area contributed by atoms with Crippen LogP contribution in [0, 0.1) is 0 Å². The minimum absolute atomic E-state index is 0.176. The Morgan fingerprint density at radius 3 is 1.24 bits per heavy atom. The van der Waals surface area contributed by atoms with Crippen LogP contribution < -0.4 is 11.5 Å². The standard InChI is InChI=1S/C4H7NO.C4H6O2.C3H5NO/c2*1-3(2)4(5)6;1-2-3(4)5/h1H2,2H3,(H2,5,6);1H2,2H3,(H,5,6);2H,1H2,(H2,4,5). The van der Waals surface area contributed by atoms with Gasteiger partial charge in [0.25, 0.3) is 0 Å². The quantitative estimate of drug-likeness (QED) is 0.618. The van der Waals surface area contributed by atoms with E-state index in [0.29, 0.717) is 5.57 Å². The zero-order valence-electron chi connectivity index (χ0n) is 10.0. The molecule has 0 aliphatic carbocycles. The van der Waals surface area contributed by atoms with E-state index >= 15 is 0 Å². The maximum atomic E-state index is 9.82. The van der Waals surface area contributed by atoms with E-state index in [9.17, 15) is 14.4 Å². The van der Waals surface area contributed by atoms with E-state index in [1.165, 1.54) is 6.92 Å². The van der Waals surface area contributed by atoms with Crippen LogP contribution in [0.3, 0.4) is 0 Å². The van der Waals surface area contributed by atoms with Gasteiger partial charge in [0.15, 0.2) is 0 Å². The average molecular weight is 242 g/mol. The molecule has 0 aromatic heterocycles. The predicted octanol–water partition coefficient (Wildman–Crippen LogP) is 0.353. The molecule has 0 aromatic carbocycles. The van der Waals surface area contributed by atoms with Crippen molar-refractivity contribution in [2.24, 2.45) is 11.5 Å².